The molecule has 0 aliphatic heterocycles. The predicted octanol–water partition coefficient (Wildman–Crippen LogP) is 3.92. The molecular formula is C17H20FNO2. The van der Waals surface area contributed by atoms with Gasteiger partial charge in [0.2, 0.25) is 0 Å². The first-order chi connectivity index (χ1) is 10.1. The van der Waals surface area contributed by atoms with Gasteiger partial charge in [-0.2, -0.15) is 0 Å². The molecule has 2 rings (SSSR count). The Morgan fingerprint density at radius 1 is 1.10 bits per heavy atom. The lowest BCUT2D eigenvalue weighted by molar-refractivity contribution is 0.0638. The van der Waals surface area contributed by atoms with Gasteiger partial charge in [-0.25, -0.2) is 10.3 Å². The summed E-state index contributed by atoms with van der Waals surface area (Å²) in [6.45, 7) is 4.21. The molecule has 4 heteroatoms. The van der Waals surface area contributed by atoms with Crippen LogP contribution in [0.1, 0.15) is 36.6 Å². The lowest BCUT2D eigenvalue weighted by atomic mass is 10.1. The van der Waals surface area contributed by atoms with Gasteiger partial charge in [-0.1, -0.05) is 31.2 Å². The largest absolute Gasteiger partial charge is 0.489 e. The molecule has 2 N–H and O–H groups in total. The van der Waals surface area contributed by atoms with Crippen molar-refractivity contribution in [3.05, 3.63) is 65.0 Å². The molecule has 0 aliphatic carbocycles. The van der Waals surface area contributed by atoms with Crippen molar-refractivity contribution in [2.75, 3.05) is 0 Å². The van der Waals surface area contributed by atoms with Gasteiger partial charge in [0.05, 0.1) is 0 Å². The van der Waals surface area contributed by atoms with Crippen LogP contribution in [-0.2, 0) is 17.9 Å². The van der Waals surface area contributed by atoms with Gasteiger partial charge in [-0.3, -0.25) is 4.84 Å². The van der Waals surface area contributed by atoms with E-state index in [-0.39, 0.29) is 5.82 Å². The second-order valence-electron chi connectivity index (χ2n) is 4.92. The van der Waals surface area contributed by atoms with E-state index < -0.39 is 6.10 Å². The number of hydrogen-bond donors (Lipinski definition) is 1. The zero-order chi connectivity index (χ0) is 15.2. The predicted molar refractivity (Wildman–Crippen MR) is 80.2 cm³/mol. The van der Waals surface area contributed by atoms with Gasteiger partial charge in [0.15, 0.2) is 0 Å². The van der Waals surface area contributed by atoms with Crippen LogP contribution in [0.15, 0.2) is 42.5 Å². The highest BCUT2D eigenvalue weighted by Gasteiger charge is 2.11. The van der Waals surface area contributed by atoms with Crippen LogP contribution in [0.2, 0.25) is 0 Å². The molecule has 0 aliphatic rings. The minimum atomic E-state index is -0.486. The quantitative estimate of drug-likeness (QED) is 0.820. The van der Waals surface area contributed by atoms with Crippen LogP contribution >= 0.6 is 0 Å². The lowest BCUT2D eigenvalue weighted by Gasteiger charge is -2.12. The number of hydrogen-bond acceptors (Lipinski definition) is 3. The molecule has 0 heterocycles. The molecule has 0 amide bonds. The molecule has 2 aromatic carbocycles. The van der Waals surface area contributed by atoms with Crippen molar-refractivity contribution in [3.63, 3.8) is 0 Å². The average molecular weight is 289 g/mol. The highest BCUT2D eigenvalue weighted by Crippen LogP contribution is 2.23. The number of rotatable bonds is 6. The van der Waals surface area contributed by atoms with Gasteiger partial charge in [-0.15, -0.1) is 0 Å². The number of benzene rings is 2. The maximum absolute atomic E-state index is 13.9. The van der Waals surface area contributed by atoms with E-state index in [9.17, 15) is 4.39 Å². The van der Waals surface area contributed by atoms with E-state index in [1.54, 1.807) is 19.1 Å². The lowest BCUT2D eigenvalue weighted by Crippen LogP contribution is -2.07. The minimum Gasteiger partial charge on any atom is -0.489 e. The fraction of sp³-hybridized carbons (Fsp3) is 0.294. The summed E-state index contributed by atoms with van der Waals surface area (Å²) < 4.78 is 19.5. The molecule has 112 valence electrons. The minimum absolute atomic E-state index is 0.383. The number of nitrogens with two attached hydrogens (primary N) is 1. The topological polar surface area (TPSA) is 44.5 Å². The summed E-state index contributed by atoms with van der Waals surface area (Å²) in [5.41, 5.74) is 2.75. The van der Waals surface area contributed by atoms with E-state index in [0.29, 0.717) is 17.9 Å². The monoisotopic (exact) mass is 289 g/mol. The maximum Gasteiger partial charge on any atom is 0.132 e. The van der Waals surface area contributed by atoms with Crippen LogP contribution in [0.25, 0.3) is 0 Å². The number of aryl methyl sites for hydroxylation is 1. The fourth-order valence-corrected chi connectivity index (χ4v) is 2.04. The molecule has 0 saturated heterocycles. The second kappa shape index (κ2) is 7.20. The van der Waals surface area contributed by atoms with E-state index >= 15 is 0 Å². The molecule has 21 heavy (non-hydrogen) atoms. The van der Waals surface area contributed by atoms with Gasteiger partial charge in [-0.05, 0) is 36.6 Å². The normalized spacial score (nSPS) is 12.2. The molecule has 3 nitrogen and oxygen atoms in total. The molecule has 0 bridgehead atoms. The number of halogens is 1. The van der Waals surface area contributed by atoms with E-state index in [4.69, 9.17) is 10.6 Å². The van der Waals surface area contributed by atoms with Crippen molar-refractivity contribution >= 4 is 0 Å². The van der Waals surface area contributed by atoms with Crippen molar-refractivity contribution in [3.8, 4) is 5.75 Å². The highest BCUT2D eigenvalue weighted by atomic mass is 19.1. The molecule has 1 unspecified atom stereocenters. The smallest absolute Gasteiger partial charge is 0.132 e. The van der Waals surface area contributed by atoms with Gasteiger partial charge in [0.1, 0.15) is 24.3 Å². The maximum atomic E-state index is 13.9. The summed E-state index contributed by atoms with van der Waals surface area (Å²) >= 11 is 0. The summed E-state index contributed by atoms with van der Waals surface area (Å²) in [4.78, 5) is 4.63. The van der Waals surface area contributed by atoms with Crippen LogP contribution in [0.5, 0.6) is 5.75 Å². The third-order valence-electron chi connectivity index (χ3n) is 3.45. The van der Waals surface area contributed by atoms with Crippen LogP contribution in [-0.4, -0.2) is 0 Å². The molecule has 0 aromatic heterocycles. The molecule has 0 fully saturated rings. The highest BCUT2D eigenvalue weighted by molar-refractivity contribution is 5.30. The van der Waals surface area contributed by atoms with Gasteiger partial charge in [0.25, 0.3) is 0 Å². The molecule has 1 atom stereocenters. The third kappa shape index (κ3) is 4.03. The van der Waals surface area contributed by atoms with Crippen LogP contribution < -0.4 is 10.6 Å². The standard InChI is InChI=1S/C17H20FNO2/c1-3-13-4-6-14(7-5-13)11-20-15-8-9-16(12(2)21-19)17(18)10-15/h4-10,12H,3,11,19H2,1-2H3. The summed E-state index contributed by atoms with van der Waals surface area (Å²) in [7, 11) is 0. The Bertz CT molecular complexity index is 584. The molecule has 0 radical (unpaired) electrons. The first-order valence-electron chi connectivity index (χ1n) is 6.99. The van der Waals surface area contributed by atoms with Crippen molar-refractivity contribution < 1.29 is 14.0 Å². The first-order valence-corrected chi connectivity index (χ1v) is 6.99. The Hall–Kier alpha value is -1.91. The summed E-state index contributed by atoms with van der Waals surface area (Å²) in [5.74, 6) is 5.17. The average Bonchev–Trinajstić information content (AvgIpc) is 2.52. The molecule has 0 spiro atoms. The summed E-state index contributed by atoms with van der Waals surface area (Å²) in [6, 6.07) is 12.9. The Morgan fingerprint density at radius 3 is 2.33 bits per heavy atom. The summed E-state index contributed by atoms with van der Waals surface area (Å²) in [5, 5.41) is 0. The Morgan fingerprint density at radius 2 is 1.76 bits per heavy atom. The van der Waals surface area contributed by atoms with Gasteiger partial charge in [0, 0.05) is 11.6 Å². The first kappa shape index (κ1) is 15.5. The van der Waals surface area contributed by atoms with Crippen LogP contribution in [0.3, 0.4) is 0 Å². The Balaban J connectivity index is 2.01. The fourth-order valence-electron chi connectivity index (χ4n) is 2.04. The zero-order valence-corrected chi connectivity index (χ0v) is 12.3. The van der Waals surface area contributed by atoms with Crippen molar-refractivity contribution in [2.24, 2.45) is 5.90 Å². The Labute approximate surface area is 124 Å². The van der Waals surface area contributed by atoms with Crippen molar-refractivity contribution in [1.82, 2.24) is 0 Å². The van der Waals surface area contributed by atoms with Crippen molar-refractivity contribution in [2.45, 2.75) is 33.0 Å². The van der Waals surface area contributed by atoms with Crippen LogP contribution in [0.4, 0.5) is 4.39 Å². The third-order valence-corrected chi connectivity index (χ3v) is 3.45. The van der Waals surface area contributed by atoms with Crippen LogP contribution in [0, 0.1) is 5.82 Å². The zero-order valence-electron chi connectivity index (χ0n) is 12.3. The van der Waals surface area contributed by atoms with Gasteiger partial charge >= 0.3 is 0 Å². The van der Waals surface area contributed by atoms with E-state index in [1.807, 2.05) is 12.1 Å². The van der Waals surface area contributed by atoms with E-state index in [0.717, 1.165) is 12.0 Å². The molecular weight excluding hydrogens is 269 g/mol. The van der Waals surface area contributed by atoms with E-state index in [2.05, 4.69) is 23.9 Å². The van der Waals surface area contributed by atoms with Gasteiger partial charge < -0.3 is 4.74 Å². The Kier molecular flexibility index (Phi) is 5.31. The molecule has 0 saturated carbocycles. The second-order valence-corrected chi connectivity index (χ2v) is 4.92. The molecule has 2 aromatic rings. The SMILES string of the molecule is CCc1ccc(COc2ccc(C(C)ON)c(F)c2)cc1. The summed E-state index contributed by atoms with van der Waals surface area (Å²) in [6.07, 6.45) is 0.524. The van der Waals surface area contributed by atoms with E-state index in [1.165, 1.54) is 11.6 Å². The van der Waals surface area contributed by atoms with Crippen molar-refractivity contribution in [1.29, 1.82) is 0 Å². The number of ether oxygens (including phenoxy) is 1.